The molecule has 0 aliphatic carbocycles. The van der Waals surface area contributed by atoms with Crippen LogP contribution in [0.2, 0.25) is 0 Å². The van der Waals surface area contributed by atoms with E-state index in [-0.39, 0.29) is 18.5 Å². The minimum Gasteiger partial charge on any atom is -0.503 e. The molecule has 0 saturated heterocycles. The summed E-state index contributed by atoms with van der Waals surface area (Å²) in [6.45, 7) is 0.197. The number of unbranched alkanes of at least 4 members (excludes halogenated alkanes) is 2. The van der Waals surface area contributed by atoms with Crippen LogP contribution in [0.15, 0.2) is 72.0 Å². The number of carboxylic acid groups (broad SMARTS) is 1. The number of aliphatic carboxylic acids is 1. The Morgan fingerprint density at radius 2 is 1.78 bits per heavy atom. The molecule has 0 fully saturated rings. The van der Waals surface area contributed by atoms with Gasteiger partial charge in [0.1, 0.15) is 5.82 Å². The van der Waals surface area contributed by atoms with E-state index >= 15 is 0 Å². The number of carboxylic acids is 1. The summed E-state index contributed by atoms with van der Waals surface area (Å²) in [5, 5.41) is 19.3. The Hall–Kier alpha value is -3.74. The predicted octanol–water partition coefficient (Wildman–Crippen LogP) is 4.45. The van der Waals surface area contributed by atoms with Crippen LogP contribution < -0.4 is 0 Å². The molecule has 1 heterocycles. The van der Waals surface area contributed by atoms with Crippen molar-refractivity contribution in [3.05, 3.63) is 88.9 Å². The van der Waals surface area contributed by atoms with Gasteiger partial charge >= 0.3 is 5.97 Å². The number of nitrogens with zero attached hydrogens (tertiary/aromatic N) is 1. The molecular formula is C25H24FNO5. The first-order chi connectivity index (χ1) is 15.4. The molecule has 1 aliphatic rings. The Balaban J connectivity index is 1.86. The molecule has 2 aromatic carbocycles. The van der Waals surface area contributed by atoms with Crippen LogP contribution in [0.4, 0.5) is 4.39 Å². The van der Waals surface area contributed by atoms with Gasteiger partial charge < -0.3 is 15.1 Å². The highest BCUT2D eigenvalue weighted by Crippen LogP contribution is 2.38. The smallest absolute Gasteiger partial charge is 0.303 e. The van der Waals surface area contributed by atoms with Crippen molar-refractivity contribution in [3.63, 3.8) is 0 Å². The topological polar surface area (TPSA) is 94.9 Å². The first-order valence-electron chi connectivity index (χ1n) is 10.4. The van der Waals surface area contributed by atoms with E-state index in [1.165, 1.54) is 29.2 Å². The fraction of sp³-hybridized carbons (Fsp3) is 0.240. The van der Waals surface area contributed by atoms with Crippen LogP contribution in [-0.4, -0.2) is 39.3 Å². The number of aliphatic hydroxyl groups is 1. The molecule has 32 heavy (non-hydrogen) atoms. The first-order valence-corrected chi connectivity index (χ1v) is 10.4. The zero-order valence-electron chi connectivity index (χ0n) is 17.4. The first kappa shape index (κ1) is 22.9. The van der Waals surface area contributed by atoms with E-state index in [1.54, 1.807) is 12.1 Å². The third-order valence-electron chi connectivity index (χ3n) is 5.25. The van der Waals surface area contributed by atoms with Gasteiger partial charge in [0.05, 0.1) is 11.6 Å². The molecule has 166 valence electrons. The summed E-state index contributed by atoms with van der Waals surface area (Å²) in [6, 6.07) is 13.8. The summed E-state index contributed by atoms with van der Waals surface area (Å²) in [5.74, 6) is -3.30. The van der Waals surface area contributed by atoms with Crippen LogP contribution in [0.3, 0.4) is 0 Å². The number of aliphatic hydroxyl groups excluding tert-OH is 1. The lowest BCUT2D eigenvalue weighted by molar-refractivity contribution is -0.137. The number of ketones is 1. The lowest BCUT2D eigenvalue weighted by Crippen LogP contribution is -2.32. The third-order valence-corrected chi connectivity index (χ3v) is 5.25. The Bertz CT molecular complexity index is 1060. The largest absolute Gasteiger partial charge is 0.503 e. The van der Waals surface area contributed by atoms with Crippen molar-refractivity contribution >= 4 is 23.7 Å². The quantitative estimate of drug-likeness (QED) is 0.423. The minimum atomic E-state index is -0.925. The van der Waals surface area contributed by atoms with Crippen LogP contribution in [0.25, 0.3) is 6.08 Å². The summed E-state index contributed by atoms with van der Waals surface area (Å²) >= 11 is 0. The summed E-state index contributed by atoms with van der Waals surface area (Å²) in [6.07, 6.45) is 4.40. The highest BCUT2D eigenvalue weighted by atomic mass is 19.1. The summed E-state index contributed by atoms with van der Waals surface area (Å²) in [4.78, 5) is 37.8. The molecule has 0 bridgehead atoms. The van der Waals surface area contributed by atoms with Gasteiger partial charge in [-0.1, -0.05) is 55.0 Å². The summed E-state index contributed by atoms with van der Waals surface area (Å²) < 4.78 is 13.9. The van der Waals surface area contributed by atoms with Gasteiger partial charge in [-0.15, -0.1) is 0 Å². The van der Waals surface area contributed by atoms with Crippen molar-refractivity contribution in [2.24, 2.45) is 0 Å². The van der Waals surface area contributed by atoms with Crippen LogP contribution in [-0.2, 0) is 14.4 Å². The van der Waals surface area contributed by atoms with Crippen molar-refractivity contribution in [1.82, 2.24) is 4.90 Å². The zero-order chi connectivity index (χ0) is 23.1. The van der Waals surface area contributed by atoms with E-state index in [2.05, 4.69) is 0 Å². The second-order valence-corrected chi connectivity index (χ2v) is 7.53. The van der Waals surface area contributed by atoms with Crippen molar-refractivity contribution in [2.45, 2.75) is 31.7 Å². The number of carbonyl (C=O) groups excluding carboxylic acids is 2. The van der Waals surface area contributed by atoms with Gasteiger partial charge in [-0.25, -0.2) is 4.39 Å². The number of amides is 1. The number of rotatable bonds is 10. The second-order valence-electron chi connectivity index (χ2n) is 7.53. The number of hydrogen-bond donors (Lipinski definition) is 2. The Kier molecular flexibility index (Phi) is 7.54. The number of hydrogen-bond acceptors (Lipinski definition) is 4. The molecule has 2 N–H and O–H groups in total. The molecule has 3 rings (SSSR count). The average molecular weight is 437 g/mol. The molecule has 0 radical (unpaired) electrons. The predicted molar refractivity (Wildman–Crippen MR) is 117 cm³/mol. The van der Waals surface area contributed by atoms with E-state index in [0.29, 0.717) is 24.8 Å². The molecule has 0 unspecified atom stereocenters. The van der Waals surface area contributed by atoms with Crippen LogP contribution in [0.5, 0.6) is 0 Å². The molecule has 1 aliphatic heterocycles. The maximum atomic E-state index is 13.9. The lowest BCUT2D eigenvalue weighted by Gasteiger charge is -2.26. The van der Waals surface area contributed by atoms with E-state index in [0.717, 1.165) is 5.56 Å². The lowest BCUT2D eigenvalue weighted by atomic mass is 9.95. The van der Waals surface area contributed by atoms with Gasteiger partial charge in [-0.3, -0.25) is 14.4 Å². The number of carbonyl (C=O) groups is 3. The Labute approximate surface area is 185 Å². The molecule has 1 amide bonds. The number of allylic oxidation sites excluding steroid dienone is 1. The maximum Gasteiger partial charge on any atom is 0.303 e. The highest BCUT2D eigenvalue weighted by molar-refractivity contribution is 6.14. The zero-order valence-corrected chi connectivity index (χ0v) is 17.4. The molecular weight excluding hydrogens is 413 g/mol. The standard InChI is InChI=1S/C25H24FNO5/c26-19-11-7-10-18(16-19)23-22(20(28)14-13-17-8-3-1-4-9-17)24(31)25(32)27(23)15-6-2-5-12-21(29)30/h1,3-4,7-11,13-14,16,23,31H,2,5-6,12,15H2,(H,29,30)/b14-13+/t23-/m1/s1. The van der Waals surface area contributed by atoms with E-state index < -0.39 is 35.3 Å². The van der Waals surface area contributed by atoms with E-state index in [4.69, 9.17) is 5.11 Å². The van der Waals surface area contributed by atoms with Crippen molar-refractivity contribution in [1.29, 1.82) is 0 Å². The van der Waals surface area contributed by atoms with Gasteiger partial charge in [0.25, 0.3) is 5.91 Å². The average Bonchev–Trinajstić information content (AvgIpc) is 3.03. The van der Waals surface area contributed by atoms with Crippen LogP contribution in [0, 0.1) is 5.82 Å². The fourth-order valence-electron chi connectivity index (χ4n) is 3.72. The van der Waals surface area contributed by atoms with Crippen LogP contribution in [0.1, 0.15) is 42.9 Å². The van der Waals surface area contributed by atoms with Crippen molar-refractivity contribution < 1.29 is 29.0 Å². The minimum absolute atomic E-state index is 0.0266. The number of benzene rings is 2. The molecule has 2 aromatic rings. The Morgan fingerprint density at radius 3 is 2.47 bits per heavy atom. The monoisotopic (exact) mass is 437 g/mol. The van der Waals surface area contributed by atoms with Crippen molar-refractivity contribution in [2.75, 3.05) is 6.54 Å². The maximum absolute atomic E-state index is 13.9. The fourth-order valence-corrected chi connectivity index (χ4v) is 3.72. The normalized spacial score (nSPS) is 16.2. The van der Waals surface area contributed by atoms with Gasteiger partial charge in [-0.05, 0) is 42.2 Å². The van der Waals surface area contributed by atoms with Gasteiger partial charge in [0, 0.05) is 13.0 Å². The summed E-state index contributed by atoms with van der Waals surface area (Å²) in [5.41, 5.74) is 1.06. The molecule has 0 spiro atoms. The van der Waals surface area contributed by atoms with Crippen molar-refractivity contribution in [3.8, 4) is 0 Å². The van der Waals surface area contributed by atoms with E-state index in [9.17, 15) is 23.9 Å². The van der Waals surface area contributed by atoms with Gasteiger partial charge in [0.2, 0.25) is 0 Å². The highest BCUT2D eigenvalue weighted by Gasteiger charge is 2.42. The molecule has 0 saturated carbocycles. The van der Waals surface area contributed by atoms with Gasteiger partial charge in [-0.2, -0.15) is 0 Å². The SMILES string of the molecule is O=C(O)CCCCCN1C(=O)C(O)=C(C(=O)/C=C/c2ccccc2)[C@H]1c1cccc(F)c1. The molecule has 0 aromatic heterocycles. The Morgan fingerprint density at radius 1 is 1.03 bits per heavy atom. The molecule has 1 atom stereocenters. The van der Waals surface area contributed by atoms with Crippen LogP contribution >= 0.6 is 0 Å². The van der Waals surface area contributed by atoms with Gasteiger partial charge in [0.15, 0.2) is 11.5 Å². The second kappa shape index (κ2) is 10.5. The molecule has 7 heteroatoms. The van der Waals surface area contributed by atoms with E-state index in [1.807, 2.05) is 30.3 Å². The molecule has 6 nitrogen and oxygen atoms in total. The number of halogens is 1. The summed E-state index contributed by atoms with van der Waals surface area (Å²) in [7, 11) is 0. The third kappa shape index (κ3) is 5.49.